The zero-order valence-corrected chi connectivity index (χ0v) is 18.8. The third-order valence-electron chi connectivity index (χ3n) is 4.42. The van der Waals surface area contributed by atoms with Gasteiger partial charge in [0.1, 0.15) is 35.6 Å². The largest absolute Gasteiger partial charge is 0.489 e. The number of nitrogens with zero attached hydrogens (tertiary/aromatic N) is 3. The fraction of sp³-hybridized carbons (Fsp3) is 0.182. The monoisotopic (exact) mass is 489 g/mol. The molecule has 0 aliphatic carbocycles. The van der Waals surface area contributed by atoms with Crippen molar-refractivity contribution < 1.29 is 19.0 Å². The van der Waals surface area contributed by atoms with Gasteiger partial charge in [0.2, 0.25) is 11.8 Å². The van der Waals surface area contributed by atoms with Gasteiger partial charge in [-0.1, -0.05) is 23.2 Å². The van der Waals surface area contributed by atoms with Gasteiger partial charge in [-0.25, -0.2) is 9.97 Å². The highest BCUT2D eigenvalue weighted by Gasteiger charge is 2.16. The van der Waals surface area contributed by atoms with Crippen molar-refractivity contribution in [2.24, 2.45) is 0 Å². The Morgan fingerprint density at radius 3 is 2.73 bits per heavy atom. The molecule has 33 heavy (non-hydrogen) atoms. The van der Waals surface area contributed by atoms with Crippen LogP contribution in [0.1, 0.15) is 29.2 Å². The molecule has 0 saturated heterocycles. The van der Waals surface area contributed by atoms with Gasteiger partial charge in [-0.15, -0.1) is 0 Å². The summed E-state index contributed by atoms with van der Waals surface area (Å²) in [6.07, 6.45) is 1.78. The summed E-state index contributed by atoms with van der Waals surface area (Å²) in [6, 6.07) is 8.07. The Morgan fingerprint density at radius 1 is 1.27 bits per heavy atom. The number of nitrogen functional groups attached to an aromatic ring is 1. The van der Waals surface area contributed by atoms with Crippen LogP contribution in [0.4, 0.5) is 10.1 Å². The summed E-state index contributed by atoms with van der Waals surface area (Å²) in [7, 11) is 0. The van der Waals surface area contributed by atoms with Crippen LogP contribution in [-0.2, 0) is 6.61 Å². The summed E-state index contributed by atoms with van der Waals surface area (Å²) in [5.74, 6) is -0.474. The van der Waals surface area contributed by atoms with Gasteiger partial charge in [0.25, 0.3) is 0 Å². The van der Waals surface area contributed by atoms with Crippen LogP contribution in [0.3, 0.4) is 0 Å². The fourth-order valence-corrected chi connectivity index (χ4v) is 3.20. The van der Waals surface area contributed by atoms with E-state index in [4.69, 9.17) is 43.8 Å². The molecule has 2 aromatic heterocycles. The Kier molecular flexibility index (Phi) is 7.66. The highest BCUT2D eigenvalue weighted by molar-refractivity contribution is 6.35. The molecule has 0 radical (unpaired) electrons. The van der Waals surface area contributed by atoms with Crippen LogP contribution in [0.2, 0.25) is 10.0 Å². The zero-order chi connectivity index (χ0) is 24.1. The molecule has 0 aliphatic rings. The standard InChI is InChI=1S/C22H18Cl2FN5O3/c1-11(31)9-33-22-12(6-26)4-13(7-30-22)20(28)15-5-14(2-3-18(15)27)32-10-16-17(23)8-29-21(25)19(16)24/h2-5,7-8,11,28,31H,9-10,27H2,1H3/t11-/m1/s1. The van der Waals surface area contributed by atoms with Gasteiger partial charge in [-0.05, 0) is 31.2 Å². The van der Waals surface area contributed by atoms with Gasteiger partial charge in [0.15, 0.2) is 0 Å². The van der Waals surface area contributed by atoms with Crippen LogP contribution in [0.25, 0.3) is 0 Å². The second kappa shape index (κ2) is 10.4. The maximum Gasteiger partial charge on any atom is 0.232 e. The van der Waals surface area contributed by atoms with Crippen molar-refractivity contribution in [3.8, 4) is 17.7 Å². The van der Waals surface area contributed by atoms with Crippen LogP contribution in [0, 0.1) is 22.7 Å². The van der Waals surface area contributed by atoms with Crippen molar-refractivity contribution in [2.45, 2.75) is 19.6 Å². The predicted molar refractivity (Wildman–Crippen MR) is 121 cm³/mol. The van der Waals surface area contributed by atoms with Gasteiger partial charge in [0.05, 0.1) is 16.8 Å². The number of halogens is 3. The average Bonchev–Trinajstić information content (AvgIpc) is 2.80. The molecule has 0 amide bonds. The second-order valence-electron chi connectivity index (χ2n) is 6.95. The molecule has 0 spiro atoms. The fourth-order valence-electron chi connectivity index (χ4n) is 2.75. The maximum atomic E-state index is 13.6. The highest BCUT2D eigenvalue weighted by atomic mass is 35.5. The number of nitrogens with one attached hydrogen (secondary N) is 1. The van der Waals surface area contributed by atoms with Crippen LogP contribution in [0.15, 0.2) is 36.7 Å². The number of aromatic nitrogens is 2. The Labute approximate surface area is 198 Å². The Bertz CT molecular complexity index is 1250. The predicted octanol–water partition coefficient (Wildman–Crippen LogP) is 4.13. The van der Waals surface area contributed by atoms with E-state index in [1.165, 1.54) is 18.3 Å². The third-order valence-corrected chi connectivity index (χ3v) is 5.13. The van der Waals surface area contributed by atoms with Gasteiger partial charge in [0, 0.05) is 34.8 Å². The van der Waals surface area contributed by atoms with E-state index in [0.717, 1.165) is 6.20 Å². The van der Waals surface area contributed by atoms with Crippen molar-refractivity contribution in [3.63, 3.8) is 0 Å². The molecule has 8 nitrogen and oxygen atoms in total. The van der Waals surface area contributed by atoms with E-state index in [2.05, 4.69) is 9.97 Å². The Hall–Kier alpha value is -3.45. The van der Waals surface area contributed by atoms with E-state index in [1.54, 1.807) is 19.1 Å². The van der Waals surface area contributed by atoms with Crippen LogP contribution < -0.4 is 15.2 Å². The average molecular weight is 490 g/mol. The summed E-state index contributed by atoms with van der Waals surface area (Å²) in [5, 5.41) is 27.2. The molecule has 0 saturated carbocycles. The van der Waals surface area contributed by atoms with E-state index in [-0.39, 0.29) is 46.0 Å². The first-order chi connectivity index (χ1) is 15.7. The van der Waals surface area contributed by atoms with Crippen LogP contribution in [0.5, 0.6) is 11.6 Å². The number of hydrogen-bond donors (Lipinski definition) is 3. The van der Waals surface area contributed by atoms with Gasteiger partial charge in [-0.2, -0.15) is 9.65 Å². The van der Waals surface area contributed by atoms with E-state index in [9.17, 15) is 14.8 Å². The number of pyridine rings is 2. The van der Waals surface area contributed by atoms with E-state index in [0.29, 0.717) is 22.6 Å². The molecular formula is C22H18Cl2FN5O3. The normalized spacial score (nSPS) is 11.5. The first kappa shape index (κ1) is 24.2. The highest BCUT2D eigenvalue weighted by Crippen LogP contribution is 2.29. The quantitative estimate of drug-likeness (QED) is 0.245. The van der Waals surface area contributed by atoms with Crippen molar-refractivity contribution >= 4 is 34.6 Å². The summed E-state index contributed by atoms with van der Waals surface area (Å²) in [4.78, 5) is 7.52. The lowest BCUT2D eigenvalue weighted by atomic mass is 10.0. The minimum atomic E-state index is -0.860. The molecule has 1 atom stereocenters. The van der Waals surface area contributed by atoms with Crippen LogP contribution >= 0.6 is 23.2 Å². The molecule has 0 aliphatic heterocycles. The van der Waals surface area contributed by atoms with Gasteiger partial charge in [-0.3, -0.25) is 5.41 Å². The molecule has 1 aromatic carbocycles. The number of hydrogen-bond acceptors (Lipinski definition) is 8. The summed E-state index contributed by atoms with van der Waals surface area (Å²) in [5.41, 5.74) is 7.33. The molecule has 170 valence electrons. The summed E-state index contributed by atoms with van der Waals surface area (Å²) in [6.45, 7) is 1.38. The molecule has 3 aromatic rings. The molecule has 3 rings (SSSR count). The molecule has 0 unspecified atom stereocenters. The van der Waals surface area contributed by atoms with Crippen molar-refractivity contribution in [1.82, 2.24) is 9.97 Å². The lowest BCUT2D eigenvalue weighted by molar-refractivity contribution is 0.119. The Balaban J connectivity index is 1.84. The number of aliphatic hydroxyl groups is 1. The van der Waals surface area contributed by atoms with Crippen molar-refractivity contribution in [3.05, 3.63) is 74.9 Å². The molecule has 11 heteroatoms. The van der Waals surface area contributed by atoms with Crippen LogP contribution in [-0.4, -0.2) is 33.5 Å². The van der Waals surface area contributed by atoms with E-state index >= 15 is 0 Å². The number of rotatable bonds is 8. The number of benzene rings is 1. The van der Waals surface area contributed by atoms with Crippen molar-refractivity contribution in [1.29, 1.82) is 10.7 Å². The summed E-state index contributed by atoms with van der Waals surface area (Å²) >= 11 is 11.9. The smallest absolute Gasteiger partial charge is 0.232 e. The minimum Gasteiger partial charge on any atom is -0.489 e. The number of ether oxygens (including phenoxy) is 2. The SMILES string of the molecule is C[C@@H](O)COc1ncc(C(=N)c2cc(OCc3c(Cl)cnc(F)c3Cl)ccc2N)cc1C#N. The molecule has 4 N–H and O–H groups in total. The second-order valence-corrected chi connectivity index (χ2v) is 7.74. The molecule has 0 bridgehead atoms. The maximum absolute atomic E-state index is 13.6. The molecular weight excluding hydrogens is 472 g/mol. The van der Waals surface area contributed by atoms with E-state index < -0.39 is 12.1 Å². The third kappa shape index (κ3) is 5.68. The Morgan fingerprint density at radius 2 is 2.03 bits per heavy atom. The molecule has 0 fully saturated rings. The lowest BCUT2D eigenvalue weighted by Gasteiger charge is -2.14. The van der Waals surface area contributed by atoms with E-state index in [1.807, 2.05) is 6.07 Å². The molecule has 2 heterocycles. The summed E-state index contributed by atoms with van der Waals surface area (Å²) < 4.78 is 24.6. The number of nitrogens with two attached hydrogens (primary N) is 1. The van der Waals surface area contributed by atoms with Gasteiger partial charge >= 0.3 is 0 Å². The first-order valence-electron chi connectivity index (χ1n) is 9.52. The van der Waals surface area contributed by atoms with Crippen molar-refractivity contribution in [2.75, 3.05) is 12.3 Å². The first-order valence-corrected chi connectivity index (χ1v) is 10.3. The topological polar surface area (TPSA) is 138 Å². The number of aliphatic hydroxyl groups excluding tert-OH is 1. The zero-order valence-electron chi connectivity index (χ0n) is 17.3. The number of anilines is 1. The number of nitriles is 1. The van der Waals surface area contributed by atoms with Gasteiger partial charge < -0.3 is 20.3 Å². The lowest BCUT2D eigenvalue weighted by Crippen LogP contribution is -2.14. The minimum absolute atomic E-state index is 0.00459.